The van der Waals surface area contributed by atoms with Gasteiger partial charge in [0, 0.05) is 12.2 Å². The van der Waals surface area contributed by atoms with Crippen molar-refractivity contribution in [1.29, 1.82) is 0 Å². The van der Waals surface area contributed by atoms with E-state index in [9.17, 15) is 9.59 Å². The first-order chi connectivity index (χ1) is 10.4. The summed E-state index contributed by atoms with van der Waals surface area (Å²) < 4.78 is 10.9. The predicted molar refractivity (Wildman–Crippen MR) is 105 cm³/mol. The molecule has 0 atom stereocenters. The fraction of sp³-hybridized carbons (Fsp3) is 0.800. The zero-order chi connectivity index (χ0) is 19.4. The summed E-state index contributed by atoms with van der Waals surface area (Å²) in [5.41, 5.74) is -1.09. The molecule has 0 aromatic carbocycles. The molecular weight excluding hydrogens is 327 g/mol. The van der Waals surface area contributed by atoms with Crippen LogP contribution in [0.15, 0.2) is 12.2 Å². The Kier molecular flexibility index (Phi) is 10.3. The van der Waals surface area contributed by atoms with E-state index >= 15 is 0 Å². The minimum atomic E-state index is -0.588. The first-order valence-electron chi connectivity index (χ1n) is 8.55. The second-order valence-electron chi connectivity index (χ2n) is 10.2. The van der Waals surface area contributed by atoms with Crippen molar-refractivity contribution in [3.05, 3.63) is 12.2 Å². The molecule has 0 aliphatic rings. The van der Waals surface area contributed by atoms with E-state index in [1.807, 2.05) is 27.7 Å². The number of carbonyl (C=O) groups is 2. The van der Waals surface area contributed by atoms with Gasteiger partial charge in [-0.1, -0.05) is 41.5 Å². The first-order valence-corrected chi connectivity index (χ1v) is 8.55. The quantitative estimate of drug-likeness (QED) is 0.398. The molecule has 0 aliphatic heterocycles. The van der Waals surface area contributed by atoms with E-state index in [0.29, 0.717) is 0 Å². The summed E-state index contributed by atoms with van der Waals surface area (Å²) in [4.78, 5) is 23.9. The van der Waals surface area contributed by atoms with Crippen LogP contribution in [0.2, 0.25) is 0 Å². The van der Waals surface area contributed by atoms with Gasteiger partial charge in [-0.3, -0.25) is 0 Å². The van der Waals surface area contributed by atoms with Crippen molar-refractivity contribution in [3.63, 3.8) is 0 Å². The molecule has 0 spiro atoms. The van der Waals surface area contributed by atoms with Gasteiger partial charge in [0.05, 0.1) is 0 Å². The van der Waals surface area contributed by atoms with Gasteiger partial charge in [0.1, 0.15) is 11.2 Å². The molecule has 0 aromatic rings. The predicted octanol–water partition coefficient (Wildman–Crippen LogP) is 4.41. The zero-order valence-electron chi connectivity index (χ0n) is 17.2. The van der Waals surface area contributed by atoms with Crippen molar-refractivity contribution in [3.8, 4) is 0 Å². The summed E-state index contributed by atoms with van der Waals surface area (Å²) in [6.45, 7) is 20.0. The molecule has 0 saturated carbocycles. The van der Waals surface area contributed by atoms with Crippen LogP contribution in [0.1, 0.15) is 82.1 Å². The summed E-state index contributed by atoms with van der Waals surface area (Å²) in [6.07, 6.45) is 3.73. The van der Waals surface area contributed by atoms with Crippen molar-refractivity contribution in [2.24, 2.45) is 10.8 Å². The fourth-order valence-corrected chi connectivity index (χ4v) is 3.38. The Morgan fingerprint density at radius 1 is 0.640 bits per heavy atom. The van der Waals surface area contributed by atoms with Gasteiger partial charge in [0.2, 0.25) is 0 Å². The molecule has 0 unspecified atom stereocenters. The maximum atomic E-state index is 11.9. The van der Waals surface area contributed by atoms with Crippen molar-refractivity contribution in [2.75, 3.05) is 0 Å². The van der Waals surface area contributed by atoms with Crippen LogP contribution in [0.3, 0.4) is 0 Å². The van der Waals surface area contributed by atoms with Crippen LogP contribution < -0.4 is 0 Å². The zero-order valence-corrected chi connectivity index (χ0v) is 17.2. The van der Waals surface area contributed by atoms with Gasteiger partial charge in [-0.15, -0.1) is 0 Å². The van der Waals surface area contributed by atoms with Crippen molar-refractivity contribution in [1.82, 2.24) is 0 Å². The number of hydrogen-bond acceptors (Lipinski definition) is 4. The first kappa shape index (κ1) is 26.9. The molecule has 0 heterocycles. The van der Waals surface area contributed by atoms with Gasteiger partial charge in [0.15, 0.2) is 0 Å². The third-order valence-electron chi connectivity index (χ3n) is 3.02. The van der Waals surface area contributed by atoms with Crippen molar-refractivity contribution >= 4 is 41.5 Å². The Hall–Kier alpha value is -0.320. The van der Waals surface area contributed by atoms with Gasteiger partial charge < -0.3 is 9.47 Å². The Bertz CT molecular complexity index is 433. The van der Waals surface area contributed by atoms with Crippen molar-refractivity contribution in [2.45, 2.75) is 93.3 Å². The number of carbonyl (C=O) groups excluding carboxylic acids is 2. The minimum absolute atomic E-state index is 0. The normalized spacial score (nSPS) is 13.4. The van der Waals surface area contributed by atoms with Crippen LogP contribution in [0, 0.1) is 10.8 Å². The Morgan fingerprint density at radius 2 is 0.880 bits per heavy atom. The number of ether oxygens (including phenoxy) is 2. The molecule has 0 aromatic heterocycles. The standard InChI is InChI=1S/C20H36O4.Na.H/c1-17(2,3)13-19(7,8)23-15(21)11-12-16(22)24-20(9,10)14-18(4,5)6;;/h11-12H,13-14H2,1-10H3;;/b12-11-;;. The molecule has 0 aliphatic carbocycles. The van der Waals surface area contributed by atoms with Crippen LogP contribution in [0.25, 0.3) is 0 Å². The van der Waals surface area contributed by atoms with E-state index < -0.39 is 23.1 Å². The number of hydrogen-bond donors (Lipinski definition) is 0. The monoisotopic (exact) mass is 364 g/mol. The summed E-state index contributed by atoms with van der Waals surface area (Å²) in [5, 5.41) is 0. The number of esters is 2. The molecule has 0 saturated heterocycles. The molecule has 0 amide bonds. The SMILES string of the molecule is CC(C)(C)CC(C)(C)OC(=O)/C=C\C(=O)OC(C)(C)CC(C)(C)C.[NaH]. The second-order valence-corrected chi connectivity index (χ2v) is 10.2. The summed E-state index contributed by atoms with van der Waals surface area (Å²) in [6, 6.07) is 0. The van der Waals surface area contributed by atoms with Gasteiger partial charge in [0.25, 0.3) is 0 Å². The molecular formula is C20H37NaO4. The van der Waals surface area contributed by atoms with Crippen LogP contribution in [0.5, 0.6) is 0 Å². The van der Waals surface area contributed by atoms with E-state index in [1.165, 1.54) is 0 Å². The summed E-state index contributed by atoms with van der Waals surface area (Å²) in [5.74, 6) is -1.07. The number of rotatable bonds is 6. The van der Waals surface area contributed by atoms with E-state index in [-0.39, 0.29) is 40.4 Å². The fourth-order valence-electron chi connectivity index (χ4n) is 3.38. The summed E-state index contributed by atoms with van der Waals surface area (Å²) >= 11 is 0. The van der Waals surface area contributed by atoms with Crippen LogP contribution >= 0.6 is 0 Å². The average Bonchev–Trinajstić information content (AvgIpc) is 2.17. The second kappa shape index (κ2) is 9.57. The molecule has 0 fully saturated rings. The van der Waals surface area contributed by atoms with Crippen molar-refractivity contribution < 1.29 is 19.1 Å². The molecule has 142 valence electrons. The Balaban J connectivity index is 0. The molecule has 25 heavy (non-hydrogen) atoms. The average molecular weight is 365 g/mol. The molecule has 5 heteroatoms. The molecule has 0 rings (SSSR count). The van der Waals surface area contributed by atoms with E-state index in [1.54, 1.807) is 0 Å². The van der Waals surface area contributed by atoms with E-state index in [4.69, 9.17) is 9.47 Å². The van der Waals surface area contributed by atoms with Gasteiger partial charge >= 0.3 is 41.5 Å². The van der Waals surface area contributed by atoms with E-state index in [0.717, 1.165) is 25.0 Å². The van der Waals surface area contributed by atoms with Gasteiger partial charge in [-0.25, -0.2) is 9.59 Å². The third kappa shape index (κ3) is 15.6. The van der Waals surface area contributed by atoms with E-state index in [2.05, 4.69) is 41.5 Å². The van der Waals surface area contributed by atoms with Gasteiger partial charge in [-0.05, 0) is 51.4 Å². The van der Waals surface area contributed by atoms with Crippen LogP contribution in [0.4, 0.5) is 0 Å². The van der Waals surface area contributed by atoms with Gasteiger partial charge in [-0.2, -0.15) is 0 Å². The van der Waals surface area contributed by atoms with Crippen LogP contribution in [-0.4, -0.2) is 52.7 Å². The Labute approximate surface area is 176 Å². The molecule has 0 radical (unpaired) electrons. The third-order valence-corrected chi connectivity index (χ3v) is 3.02. The molecule has 0 N–H and O–H groups in total. The summed E-state index contributed by atoms with van der Waals surface area (Å²) in [7, 11) is 0. The molecule has 0 bridgehead atoms. The maximum absolute atomic E-state index is 11.9. The van der Waals surface area contributed by atoms with Crippen LogP contribution in [-0.2, 0) is 19.1 Å². The Morgan fingerprint density at radius 3 is 1.08 bits per heavy atom. The topological polar surface area (TPSA) is 52.6 Å². The molecule has 4 nitrogen and oxygen atoms in total.